The zero-order valence-corrected chi connectivity index (χ0v) is 14.5. The molecule has 2 aromatic rings. The number of nitrogens with one attached hydrogen (secondary N) is 1. The maximum atomic E-state index is 12.0. The first kappa shape index (κ1) is 16.9. The van der Waals surface area contributed by atoms with Crippen LogP contribution in [0.3, 0.4) is 0 Å². The molecule has 1 aromatic heterocycles. The maximum Gasteiger partial charge on any atom is 0.230 e. The number of carbonyl (C=O) groups excluding carboxylic acids is 1. The molecule has 1 fully saturated rings. The number of thiazole rings is 1. The number of ether oxygens (including phenoxy) is 1. The van der Waals surface area contributed by atoms with Gasteiger partial charge in [0.15, 0.2) is 0 Å². The number of rotatable bonds is 5. The fraction of sp³-hybridized carbons (Fsp3) is 0.444. The molecule has 1 saturated carbocycles. The number of hydrogen-bond acceptors (Lipinski definition) is 5. The van der Waals surface area contributed by atoms with E-state index in [0.717, 1.165) is 42.1 Å². The Labute approximate surface area is 145 Å². The average molecular weight is 346 g/mol. The van der Waals surface area contributed by atoms with Crippen molar-refractivity contribution in [2.24, 2.45) is 0 Å². The van der Waals surface area contributed by atoms with Crippen LogP contribution in [-0.2, 0) is 11.2 Å². The van der Waals surface area contributed by atoms with Crippen molar-refractivity contribution < 1.29 is 14.6 Å². The Morgan fingerprint density at radius 2 is 2.08 bits per heavy atom. The number of aryl methyl sites for hydroxylation is 1. The van der Waals surface area contributed by atoms with Gasteiger partial charge < -0.3 is 15.2 Å². The van der Waals surface area contributed by atoms with Crippen LogP contribution in [0.5, 0.6) is 5.75 Å². The third-order valence-corrected chi connectivity index (χ3v) is 4.92. The third kappa shape index (κ3) is 4.55. The van der Waals surface area contributed by atoms with Crippen molar-refractivity contribution in [3.8, 4) is 5.75 Å². The molecule has 1 aliphatic rings. The highest BCUT2D eigenvalue weighted by molar-refractivity contribution is 7.09. The van der Waals surface area contributed by atoms with E-state index in [1.54, 1.807) is 11.3 Å². The normalized spacial score (nSPS) is 20.6. The van der Waals surface area contributed by atoms with Gasteiger partial charge in [0, 0.05) is 11.1 Å². The van der Waals surface area contributed by atoms with Crippen LogP contribution < -0.4 is 10.1 Å². The molecular formula is C18H22N2O3S. The number of amides is 1. The lowest BCUT2D eigenvalue weighted by Gasteiger charge is -2.28. The van der Waals surface area contributed by atoms with Crippen molar-refractivity contribution in [1.82, 2.24) is 4.98 Å². The molecule has 128 valence electrons. The summed E-state index contributed by atoms with van der Waals surface area (Å²) >= 11 is 1.54. The molecule has 1 amide bonds. The molecular weight excluding hydrogens is 324 g/mol. The minimum atomic E-state index is -0.389. The molecule has 0 saturated heterocycles. The zero-order valence-electron chi connectivity index (χ0n) is 13.7. The van der Waals surface area contributed by atoms with Crippen molar-refractivity contribution in [2.45, 2.75) is 51.2 Å². The summed E-state index contributed by atoms with van der Waals surface area (Å²) < 4.78 is 5.85. The number of carbonyl (C=O) groups is 1. The number of aliphatic hydroxyl groups is 1. The SMILES string of the molecule is Cc1nc(CC(=O)Nc2ccc(OC3CCCCC3O)cc2)cs1. The molecule has 6 heteroatoms. The van der Waals surface area contributed by atoms with E-state index < -0.39 is 0 Å². The third-order valence-electron chi connectivity index (χ3n) is 4.10. The highest BCUT2D eigenvalue weighted by Gasteiger charge is 2.24. The van der Waals surface area contributed by atoms with Crippen LogP contribution in [0.1, 0.15) is 36.4 Å². The summed E-state index contributed by atoms with van der Waals surface area (Å²) in [6, 6.07) is 7.28. The Morgan fingerprint density at radius 1 is 1.33 bits per heavy atom. The summed E-state index contributed by atoms with van der Waals surface area (Å²) in [6.45, 7) is 1.92. The molecule has 1 aliphatic carbocycles. The van der Waals surface area contributed by atoms with Gasteiger partial charge in [-0.3, -0.25) is 4.79 Å². The lowest BCUT2D eigenvalue weighted by molar-refractivity contribution is -0.115. The van der Waals surface area contributed by atoms with E-state index in [9.17, 15) is 9.90 Å². The summed E-state index contributed by atoms with van der Waals surface area (Å²) in [5.41, 5.74) is 1.52. The van der Waals surface area contributed by atoms with Gasteiger partial charge in [-0.25, -0.2) is 4.98 Å². The molecule has 2 N–H and O–H groups in total. The molecule has 0 bridgehead atoms. The molecule has 24 heavy (non-hydrogen) atoms. The van der Waals surface area contributed by atoms with Gasteiger partial charge in [0.25, 0.3) is 0 Å². The summed E-state index contributed by atoms with van der Waals surface area (Å²) in [6.07, 6.45) is 3.58. The van der Waals surface area contributed by atoms with Gasteiger partial charge in [-0.1, -0.05) is 6.42 Å². The molecule has 0 aliphatic heterocycles. The van der Waals surface area contributed by atoms with E-state index in [4.69, 9.17) is 4.74 Å². The molecule has 2 atom stereocenters. The predicted molar refractivity (Wildman–Crippen MR) is 94.5 cm³/mol. The van der Waals surface area contributed by atoms with Gasteiger partial charge in [0.05, 0.1) is 23.2 Å². The Bertz CT molecular complexity index is 684. The maximum absolute atomic E-state index is 12.0. The summed E-state index contributed by atoms with van der Waals surface area (Å²) in [5.74, 6) is 0.630. The van der Waals surface area contributed by atoms with E-state index in [1.807, 2.05) is 36.6 Å². The van der Waals surface area contributed by atoms with Crippen LogP contribution >= 0.6 is 11.3 Å². The lowest BCUT2D eigenvalue weighted by Crippen LogP contribution is -2.34. The smallest absolute Gasteiger partial charge is 0.230 e. The Balaban J connectivity index is 1.53. The quantitative estimate of drug-likeness (QED) is 0.871. The van der Waals surface area contributed by atoms with Crippen LogP contribution in [0.25, 0.3) is 0 Å². The van der Waals surface area contributed by atoms with Crippen molar-refractivity contribution in [3.05, 3.63) is 40.3 Å². The Hall–Kier alpha value is -1.92. The van der Waals surface area contributed by atoms with Gasteiger partial charge in [0.1, 0.15) is 11.9 Å². The standard InChI is InChI=1S/C18H22N2O3S/c1-12-19-14(11-24-12)10-18(22)20-13-6-8-15(9-7-13)23-17-5-3-2-4-16(17)21/h6-9,11,16-17,21H,2-5,10H2,1H3,(H,20,22). The molecule has 5 nitrogen and oxygen atoms in total. The van der Waals surface area contributed by atoms with E-state index in [1.165, 1.54) is 0 Å². The van der Waals surface area contributed by atoms with Crippen molar-refractivity contribution in [2.75, 3.05) is 5.32 Å². The van der Waals surface area contributed by atoms with Gasteiger partial charge in [-0.2, -0.15) is 0 Å². The number of nitrogens with zero attached hydrogens (tertiary/aromatic N) is 1. The molecule has 0 radical (unpaired) electrons. The number of benzene rings is 1. The van der Waals surface area contributed by atoms with Crippen LogP contribution in [0, 0.1) is 6.92 Å². The van der Waals surface area contributed by atoms with Gasteiger partial charge in [0.2, 0.25) is 5.91 Å². The summed E-state index contributed by atoms with van der Waals surface area (Å²) in [7, 11) is 0. The zero-order chi connectivity index (χ0) is 16.9. The first-order valence-electron chi connectivity index (χ1n) is 8.26. The van der Waals surface area contributed by atoms with E-state index in [0.29, 0.717) is 5.75 Å². The van der Waals surface area contributed by atoms with Crippen molar-refractivity contribution in [1.29, 1.82) is 0 Å². The first-order valence-corrected chi connectivity index (χ1v) is 9.14. The fourth-order valence-electron chi connectivity index (χ4n) is 2.87. The summed E-state index contributed by atoms with van der Waals surface area (Å²) in [4.78, 5) is 16.3. The highest BCUT2D eigenvalue weighted by Crippen LogP contribution is 2.25. The fourth-order valence-corrected chi connectivity index (χ4v) is 3.48. The molecule has 1 aromatic carbocycles. The Morgan fingerprint density at radius 3 is 2.75 bits per heavy atom. The number of hydrogen-bond donors (Lipinski definition) is 2. The topological polar surface area (TPSA) is 71.5 Å². The molecule has 0 spiro atoms. The van der Waals surface area contributed by atoms with Crippen molar-refractivity contribution >= 4 is 22.9 Å². The molecule has 2 unspecified atom stereocenters. The van der Waals surface area contributed by atoms with E-state index >= 15 is 0 Å². The minimum Gasteiger partial charge on any atom is -0.488 e. The Kier molecular flexibility index (Phi) is 5.48. The van der Waals surface area contributed by atoms with Crippen LogP contribution in [0.2, 0.25) is 0 Å². The van der Waals surface area contributed by atoms with E-state index in [2.05, 4.69) is 10.3 Å². The van der Waals surface area contributed by atoms with Crippen LogP contribution in [-0.4, -0.2) is 28.2 Å². The second kappa shape index (κ2) is 7.77. The lowest BCUT2D eigenvalue weighted by atomic mass is 9.95. The van der Waals surface area contributed by atoms with Gasteiger partial charge in [-0.05, 0) is 50.5 Å². The van der Waals surface area contributed by atoms with Gasteiger partial charge in [-0.15, -0.1) is 11.3 Å². The predicted octanol–water partition coefficient (Wildman–Crippen LogP) is 3.32. The van der Waals surface area contributed by atoms with Gasteiger partial charge >= 0.3 is 0 Å². The number of anilines is 1. The average Bonchev–Trinajstić information content (AvgIpc) is 2.96. The van der Waals surface area contributed by atoms with Crippen molar-refractivity contribution in [3.63, 3.8) is 0 Å². The first-order chi connectivity index (χ1) is 11.6. The van der Waals surface area contributed by atoms with Crippen LogP contribution in [0.4, 0.5) is 5.69 Å². The second-order valence-electron chi connectivity index (χ2n) is 6.12. The number of aromatic nitrogens is 1. The second-order valence-corrected chi connectivity index (χ2v) is 7.18. The highest BCUT2D eigenvalue weighted by atomic mass is 32.1. The minimum absolute atomic E-state index is 0.0864. The monoisotopic (exact) mass is 346 g/mol. The largest absolute Gasteiger partial charge is 0.488 e. The van der Waals surface area contributed by atoms with E-state index in [-0.39, 0.29) is 24.5 Å². The molecule has 3 rings (SSSR count). The van der Waals surface area contributed by atoms with Crippen LogP contribution in [0.15, 0.2) is 29.6 Å². The summed E-state index contributed by atoms with van der Waals surface area (Å²) in [5, 5.41) is 15.7. The molecule has 1 heterocycles. The number of aliphatic hydroxyl groups excluding tert-OH is 1.